The molecule has 1 saturated carbocycles. The largest absolute Gasteiger partial charge is 0.490 e. The lowest BCUT2D eigenvalue weighted by Gasteiger charge is -2.27. The van der Waals surface area contributed by atoms with E-state index in [1.54, 1.807) is 0 Å². The number of benzene rings is 3. The van der Waals surface area contributed by atoms with E-state index < -0.39 is 35.0 Å². The molecule has 0 aliphatic heterocycles. The van der Waals surface area contributed by atoms with E-state index >= 15 is 0 Å². The molecule has 3 aromatic carbocycles. The Kier molecular flexibility index (Phi) is 8.52. The van der Waals surface area contributed by atoms with Gasteiger partial charge in [0.05, 0.1) is 12.2 Å². The van der Waals surface area contributed by atoms with Crippen LogP contribution in [-0.4, -0.2) is 12.6 Å². The van der Waals surface area contributed by atoms with Gasteiger partial charge in [-0.25, -0.2) is 13.6 Å². The maximum absolute atomic E-state index is 14.8. The number of unbranched alkanes of at least 4 members (excludes halogenated alkanes) is 1. The van der Waals surface area contributed by atoms with Crippen molar-refractivity contribution in [3.8, 4) is 22.6 Å². The highest BCUT2D eigenvalue weighted by atomic mass is 19.2. The normalized spacial score (nSPS) is 17.5. The van der Waals surface area contributed by atoms with Crippen LogP contribution in [0.2, 0.25) is 0 Å². The highest BCUT2D eigenvalue weighted by Gasteiger charge is 2.26. The van der Waals surface area contributed by atoms with Crippen molar-refractivity contribution in [3.63, 3.8) is 0 Å². The fourth-order valence-electron chi connectivity index (χ4n) is 4.65. The van der Waals surface area contributed by atoms with Crippen LogP contribution in [0.4, 0.5) is 17.6 Å². The zero-order valence-corrected chi connectivity index (χ0v) is 21.0. The van der Waals surface area contributed by atoms with Crippen molar-refractivity contribution in [1.82, 2.24) is 0 Å². The summed E-state index contributed by atoms with van der Waals surface area (Å²) in [5.74, 6) is -5.34. The predicted octanol–water partition coefficient (Wildman–Crippen LogP) is 8.60. The van der Waals surface area contributed by atoms with Crippen molar-refractivity contribution in [3.05, 3.63) is 82.9 Å². The molecule has 0 amide bonds. The zero-order valence-electron chi connectivity index (χ0n) is 21.0. The van der Waals surface area contributed by atoms with Crippen LogP contribution in [-0.2, 0) is 0 Å². The molecule has 0 aromatic heterocycles. The van der Waals surface area contributed by atoms with Crippen LogP contribution in [0.3, 0.4) is 0 Å². The summed E-state index contributed by atoms with van der Waals surface area (Å²) in [6.07, 6.45) is 5.10. The summed E-state index contributed by atoms with van der Waals surface area (Å²) in [4.78, 5) is 12.6. The second-order valence-electron chi connectivity index (χ2n) is 9.65. The predicted molar refractivity (Wildman–Crippen MR) is 134 cm³/mol. The first-order chi connectivity index (χ1) is 17.8. The van der Waals surface area contributed by atoms with Crippen molar-refractivity contribution < 1.29 is 31.8 Å². The maximum Gasteiger partial charge on any atom is 0.343 e. The van der Waals surface area contributed by atoms with Gasteiger partial charge in [0.25, 0.3) is 0 Å². The lowest BCUT2D eigenvalue weighted by Crippen LogP contribution is -2.14. The van der Waals surface area contributed by atoms with Crippen LogP contribution < -0.4 is 9.47 Å². The number of hydrogen-bond acceptors (Lipinski definition) is 3. The molecule has 0 atom stereocenters. The molecule has 0 spiro atoms. The Morgan fingerprint density at radius 3 is 2.14 bits per heavy atom. The standard InChI is InChI=1S/C30H30F4O3/c1-3-4-17-36-24-15-13-22(26(31)28(24)33)20-9-11-21(12-10-20)30(35)37-25-16-14-23(27(32)29(25)34)19-7-5-18(2)6-8-19/h9-16,18-19H,3-8,17H2,1-2H3. The molecule has 196 valence electrons. The topological polar surface area (TPSA) is 35.5 Å². The number of esters is 1. The molecule has 37 heavy (non-hydrogen) atoms. The first-order valence-electron chi connectivity index (χ1n) is 12.7. The van der Waals surface area contributed by atoms with Crippen LogP contribution in [0.5, 0.6) is 11.5 Å². The van der Waals surface area contributed by atoms with Crippen LogP contribution in [0.15, 0.2) is 48.5 Å². The van der Waals surface area contributed by atoms with Crippen LogP contribution in [0.1, 0.15) is 74.2 Å². The Hall–Kier alpha value is -3.35. The van der Waals surface area contributed by atoms with E-state index in [9.17, 15) is 22.4 Å². The van der Waals surface area contributed by atoms with Gasteiger partial charge in [0.15, 0.2) is 23.1 Å². The van der Waals surface area contributed by atoms with Gasteiger partial charge in [0.2, 0.25) is 11.6 Å². The average Bonchev–Trinajstić information content (AvgIpc) is 2.90. The van der Waals surface area contributed by atoms with E-state index in [1.807, 2.05) is 6.92 Å². The number of carbonyl (C=O) groups excluding carboxylic acids is 1. The van der Waals surface area contributed by atoms with Crippen molar-refractivity contribution in [2.75, 3.05) is 6.61 Å². The quantitative estimate of drug-likeness (QED) is 0.131. The van der Waals surface area contributed by atoms with E-state index in [-0.39, 0.29) is 29.4 Å². The SMILES string of the molecule is CCCCOc1ccc(-c2ccc(C(=O)Oc3ccc(C4CCC(C)CC4)c(F)c3F)cc2)c(F)c1F. The lowest BCUT2D eigenvalue weighted by atomic mass is 9.79. The number of hydrogen-bond donors (Lipinski definition) is 0. The van der Waals surface area contributed by atoms with E-state index in [4.69, 9.17) is 9.47 Å². The summed E-state index contributed by atoms with van der Waals surface area (Å²) in [6.45, 7) is 4.40. The molecule has 0 bridgehead atoms. The summed E-state index contributed by atoms with van der Waals surface area (Å²) in [5.41, 5.74) is 0.691. The number of ether oxygens (including phenoxy) is 2. The minimum atomic E-state index is -1.19. The second-order valence-corrected chi connectivity index (χ2v) is 9.65. The molecular weight excluding hydrogens is 484 g/mol. The minimum absolute atomic E-state index is 0.000990. The monoisotopic (exact) mass is 514 g/mol. The van der Waals surface area contributed by atoms with Gasteiger partial charge in [0, 0.05) is 5.56 Å². The Morgan fingerprint density at radius 2 is 1.46 bits per heavy atom. The molecule has 3 nitrogen and oxygen atoms in total. The number of halogens is 4. The van der Waals surface area contributed by atoms with Crippen LogP contribution in [0.25, 0.3) is 11.1 Å². The second kappa shape index (κ2) is 11.8. The maximum atomic E-state index is 14.8. The van der Waals surface area contributed by atoms with Gasteiger partial charge < -0.3 is 9.47 Å². The molecule has 0 N–H and O–H groups in total. The van der Waals surface area contributed by atoms with Crippen LogP contribution >= 0.6 is 0 Å². The summed E-state index contributed by atoms with van der Waals surface area (Å²) in [5, 5.41) is 0. The molecule has 3 aromatic rings. The summed E-state index contributed by atoms with van der Waals surface area (Å²) in [7, 11) is 0. The molecule has 0 radical (unpaired) electrons. The average molecular weight is 515 g/mol. The van der Waals surface area contributed by atoms with Gasteiger partial charge >= 0.3 is 5.97 Å². The van der Waals surface area contributed by atoms with Gasteiger partial charge in [-0.2, -0.15) is 8.78 Å². The van der Waals surface area contributed by atoms with E-state index in [0.29, 0.717) is 17.0 Å². The molecule has 0 saturated heterocycles. The van der Waals surface area contributed by atoms with Crippen molar-refractivity contribution in [1.29, 1.82) is 0 Å². The third kappa shape index (κ3) is 5.97. The molecule has 1 aliphatic carbocycles. The van der Waals surface area contributed by atoms with E-state index in [2.05, 4.69) is 6.92 Å². The van der Waals surface area contributed by atoms with E-state index in [0.717, 1.165) is 38.5 Å². The van der Waals surface area contributed by atoms with E-state index in [1.165, 1.54) is 48.5 Å². The Labute approximate surface area is 214 Å². The first kappa shape index (κ1) is 26.7. The van der Waals surface area contributed by atoms with Crippen molar-refractivity contribution in [2.24, 2.45) is 5.92 Å². The van der Waals surface area contributed by atoms with Crippen molar-refractivity contribution in [2.45, 2.75) is 58.3 Å². The van der Waals surface area contributed by atoms with Gasteiger partial charge in [-0.3, -0.25) is 0 Å². The molecule has 1 fully saturated rings. The third-order valence-corrected chi connectivity index (χ3v) is 6.97. The highest BCUT2D eigenvalue weighted by molar-refractivity contribution is 5.91. The number of carbonyl (C=O) groups is 1. The molecule has 4 rings (SSSR count). The fourth-order valence-corrected chi connectivity index (χ4v) is 4.65. The molecule has 7 heteroatoms. The first-order valence-corrected chi connectivity index (χ1v) is 12.7. The Morgan fingerprint density at radius 1 is 0.811 bits per heavy atom. The molecule has 0 unspecified atom stereocenters. The van der Waals surface area contributed by atoms with Gasteiger partial charge in [-0.15, -0.1) is 0 Å². The van der Waals surface area contributed by atoms with Crippen molar-refractivity contribution >= 4 is 5.97 Å². The van der Waals surface area contributed by atoms with Crippen LogP contribution in [0, 0.1) is 29.2 Å². The number of rotatable bonds is 8. The summed E-state index contributed by atoms with van der Waals surface area (Å²) in [6, 6.07) is 11.1. The Balaban J connectivity index is 1.46. The minimum Gasteiger partial charge on any atom is -0.490 e. The highest BCUT2D eigenvalue weighted by Crippen LogP contribution is 2.38. The lowest BCUT2D eigenvalue weighted by molar-refractivity contribution is 0.0726. The van der Waals surface area contributed by atoms with Gasteiger partial charge in [-0.1, -0.05) is 51.3 Å². The van der Waals surface area contributed by atoms with Gasteiger partial charge in [-0.05, 0) is 72.6 Å². The molecular formula is C30H30F4O3. The molecule has 1 aliphatic rings. The fraction of sp³-hybridized carbons (Fsp3) is 0.367. The van der Waals surface area contributed by atoms with Gasteiger partial charge in [0.1, 0.15) is 0 Å². The molecule has 0 heterocycles. The Bertz CT molecular complexity index is 1250. The summed E-state index contributed by atoms with van der Waals surface area (Å²) < 4.78 is 69.0. The summed E-state index contributed by atoms with van der Waals surface area (Å²) >= 11 is 0. The third-order valence-electron chi connectivity index (χ3n) is 6.97. The smallest absolute Gasteiger partial charge is 0.343 e. The zero-order chi connectivity index (χ0) is 26.5.